The fourth-order valence-electron chi connectivity index (χ4n) is 3.42. The van der Waals surface area contributed by atoms with Gasteiger partial charge in [-0.3, -0.25) is 0 Å². The van der Waals surface area contributed by atoms with Gasteiger partial charge < -0.3 is 0 Å². The number of fused-ring (bicyclic) bond motifs is 3. The molecule has 0 atom stereocenters. The van der Waals surface area contributed by atoms with Crippen molar-refractivity contribution in [3.8, 4) is 0 Å². The highest BCUT2D eigenvalue weighted by Crippen LogP contribution is 2.38. The molecule has 0 unspecified atom stereocenters. The van der Waals surface area contributed by atoms with Crippen molar-refractivity contribution < 1.29 is 0 Å². The normalized spacial score (nSPS) is 13.0. The molecule has 0 aliphatic rings. The number of rotatable bonds is 0. The van der Waals surface area contributed by atoms with Gasteiger partial charge in [-0.25, -0.2) is 0 Å². The van der Waals surface area contributed by atoms with Crippen LogP contribution < -0.4 is 0 Å². The van der Waals surface area contributed by atoms with Gasteiger partial charge in [-0.2, -0.15) is 0 Å². The molecule has 0 amide bonds. The molecule has 3 aromatic carbocycles. The van der Waals surface area contributed by atoms with Crippen LogP contribution in [0.25, 0.3) is 21.5 Å². The van der Waals surface area contributed by atoms with Gasteiger partial charge in [-0.15, -0.1) is 0 Å². The highest BCUT2D eigenvalue weighted by molar-refractivity contribution is 6.10. The molecule has 0 aliphatic carbocycles. The fourth-order valence-corrected chi connectivity index (χ4v) is 3.42. The number of benzene rings is 3. The third-order valence-corrected chi connectivity index (χ3v) is 4.52. The Morgan fingerprint density at radius 3 is 1.77 bits per heavy atom. The molecule has 0 saturated carbocycles. The lowest BCUT2D eigenvalue weighted by Gasteiger charge is -2.25. The minimum Gasteiger partial charge on any atom is -0.0613 e. The first kappa shape index (κ1) is 15.1. The third kappa shape index (κ3) is 2.41. The summed E-state index contributed by atoms with van der Waals surface area (Å²) in [5, 5.41) is 5.53. The quantitative estimate of drug-likeness (QED) is 0.410. The second-order valence-electron chi connectivity index (χ2n) is 8.37. The second kappa shape index (κ2) is 4.84. The highest BCUT2D eigenvalue weighted by Gasteiger charge is 2.21. The topological polar surface area (TPSA) is 0 Å². The molecule has 114 valence electrons. The summed E-state index contributed by atoms with van der Waals surface area (Å²) < 4.78 is 0. The molecule has 0 radical (unpaired) electrons. The first-order chi connectivity index (χ1) is 10.2. The van der Waals surface area contributed by atoms with Crippen molar-refractivity contribution in [2.45, 2.75) is 52.4 Å². The zero-order valence-corrected chi connectivity index (χ0v) is 14.6. The van der Waals surface area contributed by atoms with E-state index in [-0.39, 0.29) is 10.8 Å². The molecule has 0 nitrogen and oxygen atoms in total. The van der Waals surface area contributed by atoms with Crippen LogP contribution in [0.15, 0.2) is 48.5 Å². The molecular weight excluding hydrogens is 264 g/mol. The van der Waals surface area contributed by atoms with Gasteiger partial charge in [0.2, 0.25) is 0 Å². The standard InChI is InChI=1S/C22H26/c1-21(2,3)18-11-8-10-17-16(18)14-13-15-9-7-12-19(20(15)17)22(4,5)6/h7-14H,1-6H3. The zero-order chi connectivity index (χ0) is 16.1. The van der Waals surface area contributed by atoms with Gasteiger partial charge in [0.15, 0.2) is 0 Å². The fraction of sp³-hybridized carbons (Fsp3) is 0.364. The number of hydrogen-bond acceptors (Lipinski definition) is 0. The Bertz CT molecular complexity index is 839. The van der Waals surface area contributed by atoms with Crippen LogP contribution in [0.5, 0.6) is 0 Å². The molecule has 3 aromatic rings. The maximum atomic E-state index is 2.30. The van der Waals surface area contributed by atoms with E-state index in [9.17, 15) is 0 Å². The Morgan fingerprint density at radius 1 is 0.545 bits per heavy atom. The average Bonchev–Trinajstić information content (AvgIpc) is 2.43. The van der Waals surface area contributed by atoms with Crippen molar-refractivity contribution in [3.63, 3.8) is 0 Å². The largest absolute Gasteiger partial charge is 0.0613 e. The van der Waals surface area contributed by atoms with Crippen LogP contribution in [-0.4, -0.2) is 0 Å². The first-order valence-electron chi connectivity index (χ1n) is 8.15. The lowest BCUT2D eigenvalue weighted by atomic mass is 9.79. The molecule has 0 aromatic heterocycles. The lowest BCUT2D eigenvalue weighted by molar-refractivity contribution is 0.595. The summed E-state index contributed by atoms with van der Waals surface area (Å²) >= 11 is 0. The second-order valence-corrected chi connectivity index (χ2v) is 8.37. The van der Waals surface area contributed by atoms with Crippen molar-refractivity contribution in [2.24, 2.45) is 0 Å². The van der Waals surface area contributed by atoms with Crippen LogP contribution >= 0.6 is 0 Å². The maximum Gasteiger partial charge on any atom is -0.00679 e. The van der Waals surface area contributed by atoms with Crippen LogP contribution in [0.1, 0.15) is 52.7 Å². The smallest absolute Gasteiger partial charge is 0.00679 e. The minimum absolute atomic E-state index is 0.144. The van der Waals surface area contributed by atoms with E-state index in [0.29, 0.717) is 0 Å². The Labute approximate surface area is 134 Å². The van der Waals surface area contributed by atoms with Crippen LogP contribution in [0, 0.1) is 0 Å². The van der Waals surface area contributed by atoms with Crippen LogP contribution in [-0.2, 0) is 10.8 Å². The summed E-state index contributed by atoms with van der Waals surface area (Å²) in [6.07, 6.45) is 0. The van der Waals surface area contributed by atoms with Gasteiger partial charge in [0.1, 0.15) is 0 Å². The summed E-state index contributed by atoms with van der Waals surface area (Å²) in [6.45, 7) is 13.8. The molecule has 22 heavy (non-hydrogen) atoms. The lowest BCUT2D eigenvalue weighted by Crippen LogP contribution is -2.13. The summed E-state index contributed by atoms with van der Waals surface area (Å²) in [7, 11) is 0. The predicted octanol–water partition coefficient (Wildman–Crippen LogP) is 6.59. The summed E-state index contributed by atoms with van der Waals surface area (Å²) in [5.41, 5.74) is 3.16. The van der Waals surface area contributed by atoms with E-state index >= 15 is 0 Å². The molecule has 0 heterocycles. The Balaban J connectivity index is 2.51. The Hall–Kier alpha value is -1.82. The van der Waals surface area contributed by atoms with Gasteiger partial charge in [0.25, 0.3) is 0 Å². The molecule has 0 N–H and O–H groups in total. The van der Waals surface area contributed by atoms with Crippen molar-refractivity contribution in [1.29, 1.82) is 0 Å². The minimum atomic E-state index is 0.144. The van der Waals surface area contributed by atoms with E-state index in [1.807, 2.05) is 0 Å². The summed E-state index contributed by atoms with van der Waals surface area (Å²) in [5.74, 6) is 0. The van der Waals surface area contributed by atoms with Crippen molar-refractivity contribution in [2.75, 3.05) is 0 Å². The van der Waals surface area contributed by atoms with Crippen molar-refractivity contribution in [1.82, 2.24) is 0 Å². The molecule has 0 spiro atoms. The van der Waals surface area contributed by atoms with E-state index < -0.39 is 0 Å². The summed E-state index contributed by atoms with van der Waals surface area (Å²) in [4.78, 5) is 0. The first-order valence-corrected chi connectivity index (χ1v) is 8.15. The average molecular weight is 290 g/mol. The zero-order valence-electron chi connectivity index (χ0n) is 14.6. The van der Waals surface area contributed by atoms with Crippen molar-refractivity contribution >= 4 is 21.5 Å². The molecule has 0 saturated heterocycles. The van der Waals surface area contributed by atoms with Crippen LogP contribution in [0.4, 0.5) is 0 Å². The van der Waals surface area contributed by atoms with Gasteiger partial charge in [0, 0.05) is 0 Å². The van der Waals surface area contributed by atoms with E-state index in [1.165, 1.54) is 32.7 Å². The molecule has 0 heteroatoms. The van der Waals surface area contributed by atoms with Gasteiger partial charge in [-0.05, 0) is 43.5 Å². The molecule has 0 fully saturated rings. The van der Waals surface area contributed by atoms with Crippen LogP contribution in [0.2, 0.25) is 0 Å². The highest BCUT2D eigenvalue weighted by atomic mass is 14.2. The SMILES string of the molecule is CC(C)(C)c1cccc2c1ccc1cccc(C(C)(C)C)c12. The monoisotopic (exact) mass is 290 g/mol. The van der Waals surface area contributed by atoms with E-state index in [0.717, 1.165) is 0 Å². The third-order valence-electron chi connectivity index (χ3n) is 4.52. The molecule has 0 aliphatic heterocycles. The summed E-state index contributed by atoms with van der Waals surface area (Å²) in [6, 6.07) is 18.0. The molecule has 0 bridgehead atoms. The maximum absolute atomic E-state index is 2.30. The Morgan fingerprint density at radius 2 is 1.14 bits per heavy atom. The van der Waals surface area contributed by atoms with Gasteiger partial charge in [0.05, 0.1) is 0 Å². The van der Waals surface area contributed by atoms with E-state index in [2.05, 4.69) is 90.1 Å². The Kier molecular flexibility index (Phi) is 3.32. The van der Waals surface area contributed by atoms with Gasteiger partial charge in [-0.1, -0.05) is 90.1 Å². The van der Waals surface area contributed by atoms with Crippen molar-refractivity contribution in [3.05, 3.63) is 59.7 Å². The molecule has 3 rings (SSSR count). The predicted molar refractivity (Wildman–Crippen MR) is 98.9 cm³/mol. The van der Waals surface area contributed by atoms with Gasteiger partial charge >= 0.3 is 0 Å². The molecular formula is C22H26. The van der Waals surface area contributed by atoms with Crippen LogP contribution in [0.3, 0.4) is 0 Å². The van der Waals surface area contributed by atoms with E-state index in [1.54, 1.807) is 0 Å². The number of hydrogen-bond donors (Lipinski definition) is 0. The van der Waals surface area contributed by atoms with E-state index in [4.69, 9.17) is 0 Å².